The van der Waals surface area contributed by atoms with Crippen LogP contribution in [0.3, 0.4) is 0 Å². The third kappa shape index (κ3) is 7.65. The van der Waals surface area contributed by atoms with Gasteiger partial charge in [0.15, 0.2) is 6.10 Å². The lowest BCUT2D eigenvalue weighted by molar-refractivity contribution is -0.143. The molecule has 0 unspecified atom stereocenters. The molecule has 46 heavy (non-hydrogen) atoms. The molecule has 0 aromatic heterocycles. The van der Waals surface area contributed by atoms with Gasteiger partial charge in [-0.2, -0.15) is 0 Å². The van der Waals surface area contributed by atoms with E-state index in [4.69, 9.17) is 4.74 Å². The van der Waals surface area contributed by atoms with Gasteiger partial charge in [-0.25, -0.2) is 9.59 Å². The summed E-state index contributed by atoms with van der Waals surface area (Å²) in [4.78, 5) is 48.5. The van der Waals surface area contributed by atoms with Crippen molar-refractivity contribution in [2.45, 2.75) is 76.0 Å². The first-order chi connectivity index (χ1) is 22.3. The van der Waals surface area contributed by atoms with E-state index >= 15 is 0 Å². The van der Waals surface area contributed by atoms with Crippen LogP contribution in [0.5, 0.6) is 5.75 Å². The number of benzene rings is 2. The number of phenolic OH excluding ortho intramolecular Hbond substituents is 1. The number of aromatic hydroxyl groups is 1. The largest absolute Gasteiger partial charge is 0.506 e. The van der Waals surface area contributed by atoms with Crippen molar-refractivity contribution >= 4 is 55.6 Å². The molecule has 2 aromatic carbocycles. The monoisotopic (exact) mass is 759 g/mol. The molecule has 1 aliphatic carbocycles. The van der Waals surface area contributed by atoms with Crippen molar-refractivity contribution in [3.63, 3.8) is 0 Å². The first-order valence-corrected chi connectivity index (χ1v) is 18.2. The molecule has 1 saturated carbocycles. The van der Waals surface area contributed by atoms with Crippen molar-refractivity contribution in [3.8, 4) is 5.75 Å². The third-order valence-corrected chi connectivity index (χ3v) is 11.2. The zero-order valence-corrected chi connectivity index (χ0v) is 29.3. The van der Waals surface area contributed by atoms with E-state index in [0.717, 1.165) is 36.3 Å². The van der Waals surface area contributed by atoms with E-state index in [9.17, 15) is 19.5 Å². The molecule has 4 aliphatic rings. The highest BCUT2D eigenvalue weighted by molar-refractivity contribution is 9.11. The fraction of sp³-hybridized carbons (Fsp3) is 0.559. The Labute approximate surface area is 287 Å². The Morgan fingerprint density at radius 1 is 0.870 bits per heavy atom. The average Bonchev–Trinajstić information content (AvgIpc) is 3.25. The molecule has 3 heterocycles. The Morgan fingerprint density at radius 2 is 1.54 bits per heavy atom. The number of nitrogens with zero attached hydrogens (tertiary/aromatic N) is 4. The van der Waals surface area contributed by atoms with Gasteiger partial charge in [-0.1, -0.05) is 37.5 Å². The van der Waals surface area contributed by atoms with E-state index in [0.29, 0.717) is 60.6 Å². The van der Waals surface area contributed by atoms with Gasteiger partial charge in [-0.15, -0.1) is 0 Å². The normalized spacial score (nSPS) is 20.9. The average molecular weight is 762 g/mol. The molecule has 10 nitrogen and oxygen atoms in total. The number of halogens is 2. The molecule has 0 radical (unpaired) electrons. The topological polar surface area (TPSA) is 106 Å². The highest BCUT2D eigenvalue weighted by Gasteiger charge is 2.36. The van der Waals surface area contributed by atoms with Gasteiger partial charge in [0.1, 0.15) is 5.75 Å². The molecule has 1 atom stereocenters. The van der Waals surface area contributed by atoms with Crippen molar-refractivity contribution in [2.75, 3.05) is 51.1 Å². The Kier molecular flexibility index (Phi) is 10.7. The first-order valence-electron chi connectivity index (χ1n) is 16.6. The van der Waals surface area contributed by atoms with Crippen LogP contribution in [0.4, 0.5) is 15.3 Å². The number of para-hydroxylation sites is 1. The molecule has 248 valence electrons. The molecule has 2 aromatic rings. The van der Waals surface area contributed by atoms with Crippen molar-refractivity contribution in [2.24, 2.45) is 0 Å². The standard InChI is InChI=1S/C34H43Br2N5O5/c35-27-20-23(21-28(36)31(27)42)22-30(32(43)39-18-16-38(17-19-39)25-7-2-1-3-8-25)46-34(45)40-13-11-26(12-14-40)41-15-10-24-6-4-5-9-29(24)37-33(41)44/h4-6,9,20-21,25-26,30,42H,1-3,7-8,10-19,22H2,(H,37,44)/t30-/m1/s1. The van der Waals surface area contributed by atoms with Gasteiger partial charge in [0.2, 0.25) is 0 Å². The molecule has 6 rings (SSSR count). The minimum Gasteiger partial charge on any atom is -0.506 e. The Morgan fingerprint density at radius 3 is 2.24 bits per heavy atom. The molecular weight excluding hydrogens is 718 g/mol. The minimum absolute atomic E-state index is 0.0166. The lowest BCUT2D eigenvalue weighted by Gasteiger charge is -2.41. The second-order valence-electron chi connectivity index (χ2n) is 12.9. The maximum Gasteiger partial charge on any atom is 0.410 e. The number of hydrogen-bond donors (Lipinski definition) is 2. The zero-order valence-electron chi connectivity index (χ0n) is 26.1. The van der Waals surface area contributed by atoms with Crippen molar-refractivity contribution < 1.29 is 24.2 Å². The van der Waals surface area contributed by atoms with Gasteiger partial charge in [0.25, 0.3) is 5.91 Å². The van der Waals surface area contributed by atoms with Gasteiger partial charge in [0, 0.05) is 70.0 Å². The number of phenols is 1. The number of nitrogens with one attached hydrogen (secondary N) is 1. The number of fused-ring (bicyclic) bond motifs is 1. The fourth-order valence-corrected chi connectivity index (χ4v) is 8.66. The van der Waals surface area contributed by atoms with Gasteiger partial charge >= 0.3 is 12.1 Å². The number of piperidine rings is 1. The number of hydrogen-bond acceptors (Lipinski definition) is 6. The van der Waals surface area contributed by atoms with Crippen LogP contribution >= 0.6 is 31.9 Å². The van der Waals surface area contributed by atoms with E-state index in [1.165, 1.54) is 32.1 Å². The predicted molar refractivity (Wildman–Crippen MR) is 183 cm³/mol. The lowest BCUT2D eigenvalue weighted by Crippen LogP contribution is -2.55. The summed E-state index contributed by atoms with van der Waals surface area (Å²) in [5.74, 6) is -0.111. The Hall–Kier alpha value is -2.83. The highest BCUT2D eigenvalue weighted by Crippen LogP contribution is 2.34. The number of amides is 4. The van der Waals surface area contributed by atoms with Crippen LogP contribution in [0.2, 0.25) is 0 Å². The van der Waals surface area contributed by atoms with Crippen LogP contribution in [-0.4, -0.2) is 107 Å². The lowest BCUT2D eigenvalue weighted by atomic mass is 9.94. The van der Waals surface area contributed by atoms with Crippen LogP contribution in [0.15, 0.2) is 45.3 Å². The number of piperazine rings is 1. The van der Waals surface area contributed by atoms with E-state index in [1.54, 1.807) is 17.0 Å². The molecule has 12 heteroatoms. The third-order valence-electron chi connectivity index (χ3n) is 10.0. The van der Waals surface area contributed by atoms with Gasteiger partial charge in [-0.05, 0) is 93.3 Å². The summed E-state index contributed by atoms with van der Waals surface area (Å²) >= 11 is 6.77. The van der Waals surface area contributed by atoms with Gasteiger partial charge < -0.3 is 29.9 Å². The Bertz CT molecular complexity index is 1400. The van der Waals surface area contributed by atoms with E-state index in [-0.39, 0.29) is 30.2 Å². The highest BCUT2D eigenvalue weighted by atomic mass is 79.9. The number of likely N-dealkylation sites (tertiary alicyclic amines) is 1. The van der Waals surface area contributed by atoms with Crippen LogP contribution < -0.4 is 5.32 Å². The van der Waals surface area contributed by atoms with Crippen molar-refractivity contribution in [1.82, 2.24) is 19.6 Å². The summed E-state index contributed by atoms with van der Waals surface area (Å²) in [5, 5.41) is 13.3. The molecule has 3 aliphatic heterocycles. The molecular formula is C34H43Br2N5O5. The quantitative estimate of drug-likeness (QED) is 0.375. The van der Waals surface area contributed by atoms with Crippen LogP contribution in [-0.2, 0) is 22.4 Å². The number of carbonyl (C=O) groups excluding carboxylic acids is 3. The second-order valence-corrected chi connectivity index (χ2v) is 14.6. The Balaban J connectivity index is 1.09. The summed E-state index contributed by atoms with van der Waals surface area (Å²) in [6.07, 6.45) is 7.05. The summed E-state index contributed by atoms with van der Waals surface area (Å²) < 4.78 is 7.02. The fourth-order valence-electron chi connectivity index (χ4n) is 7.38. The summed E-state index contributed by atoms with van der Waals surface area (Å²) in [6, 6.07) is 11.9. The van der Waals surface area contributed by atoms with Crippen LogP contribution in [0.1, 0.15) is 56.1 Å². The minimum atomic E-state index is -0.996. The van der Waals surface area contributed by atoms with Gasteiger partial charge in [-0.3, -0.25) is 9.69 Å². The summed E-state index contributed by atoms with van der Waals surface area (Å²) in [6.45, 7) is 4.39. The number of anilines is 1. The van der Waals surface area contributed by atoms with Crippen molar-refractivity contribution in [1.29, 1.82) is 0 Å². The maximum absolute atomic E-state index is 13.9. The number of ether oxygens (including phenoxy) is 1. The maximum atomic E-state index is 13.9. The van der Waals surface area contributed by atoms with Crippen LogP contribution in [0.25, 0.3) is 0 Å². The molecule has 4 amide bonds. The number of rotatable bonds is 6. The first kappa shape index (κ1) is 33.1. The SMILES string of the molecule is O=C(O[C@H](Cc1cc(Br)c(O)c(Br)c1)C(=O)N1CCN(C2CCCCC2)CC1)N1CCC(N2CCc3ccccc3NC2=O)CC1. The second kappa shape index (κ2) is 14.9. The molecule has 2 saturated heterocycles. The summed E-state index contributed by atoms with van der Waals surface area (Å²) in [5.41, 5.74) is 2.74. The van der Waals surface area contributed by atoms with E-state index in [1.807, 2.05) is 34.1 Å². The molecule has 2 N–H and O–H groups in total. The molecule has 0 bridgehead atoms. The smallest absolute Gasteiger partial charge is 0.410 e. The molecule has 3 fully saturated rings. The van der Waals surface area contributed by atoms with E-state index in [2.05, 4.69) is 42.1 Å². The van der Waals surface area contributed by atoms with Crippen LogP contribution in [0, 0.1) is 0 Å². The summed E-state index contributed by atoms with van der Waals surface area (Å²) in [7, 11) is 0. The molecule has 0 spiro atoms. The number of carbonyl (C=O) groups is 3. The number of urea groups is 1. The van der Waals surface area contributed by atoms with E-state index < -0.39 is 12.2 Å². The van der Waals surface area contributed by atoms with Crippen molar-refractivity contribution in [3.05, 3.63) is 56.5 Å². The van der Waals surface area contributed by atoms with Gasteiger partial charge in [0.05, 0.1) is 8.95 Å². The zero-order chi connectivity index (χ0) is 32.2. The predicted octanol–water partition coefficient (Wildman–Crippen LogP) is 6.00.